The lowest BCUT2D eigenvalue weighted by Crippen LogP contribution is -2.41. The van der Waals surface area contributed by atoms with E-state index in [4.69, 9.17) is 0 Å². The quantitative estimate of drug-likeness (QED) is 0.828. The molecule has 0 spiro atoms. The minimum atomic E-state index is -0.414. The fourth-order valence-electron chi connectivity index (χ4n) is 2.76. The fourth-order valence-corrected chi connectivity index (χ4v) is 3.78. The van der Waals surface area contributed by atoms with E-state index in [-0.39, 0.29) is 17.7 Å². The van der Waals surface area contributed by atoms with Crippen LogP contribution in [0, 0.1) is 5.82 Å². The maximum atomic E-state index is 13.1. The molecular weight excluding hydrogens is 355 g/mol. The van der Waals surface area contributed by atoms with Crippen LogP contribution in [0.15, 0.2) is 29.4 Å². The van der Waals surface area contributed by atoms with Gasteiger partial charge in [-0.2, -0.15) is 0 Å². The van der Waals surface area contributed by atoms with Gasteiger partial charge in [-0.3, -0.25) is 19.6 Å². The molecule has 1 aliphatic heterocycles. The summed E-state index contributed by atoms with van der Waals surface area (Å²) >= 11 is 1.29. The van der Waals surface area contributed by atoms with Crippen molar-refractivity contribution in [3.05, 3.63) is 41.5 Å². The monoisotopic (exact) mass is 376 g/mol. The van der Waals surface area contributed by atoms with Crippen LogP contribution in [0.5, 0.6) is 0 Å². The van der Waals surface area contributed by atoms with Crippen LogP contribution in [0.4, 0.5) is 4.39 Å². The van der Waals surface area contributed by atoms with Gasteiger partial charge in [0.1, 0.15) is 11.6 Å². The normalized spacial score (nSPS) is 18.2. The summed E-state index contributed by atoms with van der Waals surface area (Å²) in [5.74, 6) is -0.0492. The van der Waals surface area contributed by atoms with Gasteiger partial charge < -0.3 is 0 Å². The van der Waals surface area contributed by atoms with Gasteiger partial charge in [0.25, 0.3) is 5.91 Å². The second-order valence-electron chi connectivity index (χ2n) is 6.56. The number of rotatable bonds is 4. The van der Waals surface area contributed by atoms with Crippen molar-refractivity contribution >= 4 is 23.6 Å². The summed E-state index contributed by atoms with van der Waals surface area (Å²) in [6.07, 6.45) is 2.27. The van der Waals surface area contributed by atoms with Crippen molar-refractivity contribution in [2.45, 2.75) is 49.4 Å². The molecule has 1 saturated heterocycles. The van der Waals surface area contributed by atoms with Gasteiger partial charge in [-0.1, -0.05) is 32.0 Å². The second kappa shape index (κ2) is 7.99. The van der Waals surface area contributed by atoms with E-state index in [1.54, 1.807) is 0 Å². The van der Waals surface area contributed by atoms with Crippen molar-refractivity contribution in [2.75, 3.05) is 6.54 Å². The number of nitrogens with zero attached hydrogens (tertiary/aromatic N) is 3. The molecule has 6 nitrogen and oxygen atoms in total. The minimum absolute atomic E-state index is 0.221. The Balaban J connectivity index is 1.76. The molecule has 1 fully saturated rings. The number of aromatic nitrogens is 3. The zero-order chi connectivity index (χ0) is 18.7. The molecule has 1 aromatic carbocycles. The van der Waals surface area contributed by atoms with Crippen molar-refractivity contribution in [1.82, 2.24) is 20.1 Å². The average molecular weight is 376 g/mol. The first kappa shape index (κ1) is 18.6. The molecule has 8 heteroatoms. The number of imide groups is 1. The maximum Gasteiger partial charge on any atom is 0.260 e. The Hall–Kier alpha value is -2.22. The van der Waals surface area contributed by atoms with Crippen molar-refractivity contribution in [3.8, 4) is 0 Å². The highest BCUT2D eigenvalue weighted by atomic mass is 32.2. The van der Waals surface area contributed by atoms with Crippen LogP contribution >= 0.6 is 11.8 Å². The van der Waals surface area contributed by atoms with Gasteiger partial charge in [0.15, 0.2) is 0 Å². The number of amides is 2. The van der Waals surface area contributed by atoms with E-state index < -0.39 is 11.1 Å². The van der Waals surface area contributed by atoms with Gasteiger partial charge in [-0.15, -0.1) is 5.10 Å². The zero-order valence-electron chi connectivity index (χ0n) is 14.7. The fraction of sp³-hybridized carbons (Fsp3) is 0.444. The molecule has 2 aromatic rings. The van der Waals surface area contributed by atoms with Gasteiger partial charge in [0, 0.05) is 18.0 Å². The lowest BCUT2D eigenvalue weighted by molar-refractivity contribution is -0.127. The van der Waals surface area contributed by atoms with E-state index in [1.165, 1.54) is 40.9 Å². The van der Waals surface area contributed by atoms with Crippen LogP contribution in [0.2, 0.25) is 0 Å². The molecular formula is C18H21FN4O2S. The molecule has 0 aliphatic carbocycles. The maximum absolute atomic E-state index is 13.1. The summed E-state index contributed by atoms with van der Waals surface area (Å²) < 4.78 is 13.1. The molecule has 2 amide bonds. The third-order valence-corrected chi connectivity index (χ3v) is 5.37. The first-order chi connectivity index (χ1) is 12.5. The Kier molecular flexibility index (Phi) is 5.70. The lowest BCUT2D eigenvalue weighted by atomic mass is 10.2. The first-order valence-electron chi connectivity index (χ1n) is 8.66. The number of H-pyrrole nitrogens is 1. The van der Waals surface area contributed by atoms with Crippen molar-refractivity contribution < 1.29 is 14.0 Å². The summed E-state index contributed by atoms with van der Waals surface area (Å²) in [5, 5.41) is 7.16. The number of halogens is 1. The predicted molar refractivity (Wildman–Crippen MR) is 96.4 cm³/mol. The second-order valence-corrected chi connectivity index (χ2v) is 7.73. The van der Waals surface area contributed by atoms with Crippen LogP contribution < -0.4 is 0 Å². The SMILES string of the molecule is CC(C)c1nc(S[C@@H]2CCCCN(C(=O)c3ccc(F)cc3)C2=O)n[nH]1. The number of benzene rings is 1. The van der Waals surface area contributed by atoms with Gasteiger partial charge in [-0.05, 0) is 37.1 Å². The number of likely N-dealkylation sites (tertiary alicyclic amines) is 1. The highest BCUT2D eigenvalue weighted by Gasteiger charge is 2.33. The molecule has 138 valence electrons. The first-order valence-corrected chi connectivity index (χ1v) is 9.54. The van der Waals surface area contributed by atoms with Gasteiger partial charge in [0.05, 0.1) is 5.25 Å². The molecule has 1 aliphatic rings. The largest absolute Gasteiger partial charge is 0.278 e. The van der Waals surface area contributed by atoms with Gasteiger partial charge in [0.2, 0.25) is 11.1 Å². The molecule has 1 aromatic heterocycles. The summed E-state index contributed by atoms with van der Waals surface area (Å²) in [6.45, 7) is 4.39. The number of thioether (sulfide) groups is 1. The highest BCUT2D eigenvalue weighted by Crippen LogP contribution is 2.29. The summed E-state index contributed by atoms with van der Waals surface area (Å²) in [7, 11) is 0. The van der Waals surface area contributed by atoms with E-state index in [1.807, 2.05) is 13.8 Å². The Labute approximate surface area is 155 Å². The van der Waals surface area contributed by atoms with Crippen LogP contribution in [-0.2, 0) is 4.79 Å². The Morgan fingerprint density at radius 1 is 1.31 bits per heavy atom. The summed E-state index contributed by atoms with van der Waals surface area (Å²) in [4.78, 5) is 31.3. The van der Waals surface area contributed by atoms with Crippen molar-refractivity contribution in [1.29, 1.82) is 0 Å². The van der Waals surface area contributed by atoms with Gasteiger partial charge in [-0.25, -0.2) is 9.37 Å². The van der Waals surface area contributed by atoms with E-state index in [0.717, 1.165) is 18.7 Å². The van der Waals surface area contributed by atoms with Crippen LogP contribution in [0.1, 0.15) is 55.2 Å². The molecule has 0 radical (unpaired) electrons. The van der Waals surface area contributed by atoms with E-state index >= 15 is 0 Å². The molecule has 0 bridgehead atoms. The zero-order valence-corrected chi connectivity index (χ0v) is 15.6. The van der Waals surface area contributed by atoms with E-state index in [9.17, 15) is 14.0 Å². The molecule has 2 heterocycles. The van der Waals surface area contributed by atoms with Gasteiger partial charge >= 0.3 is 0 Å². The molecule has 3 rings (SSSR count). The number of nitrogens with one attached hydrogen (secondary N) is 1. The number of hydrogen-bond donors (Lipinski definition) is 1. The lowest BCUT2D eigenvalue weighted by Gasteiger charge is -2.21. The summed E-state index contributed by atoms with van der Waals surface area (Å²) in [6, 6.07) is 5.26. The molecule has 26 heavy (non-hydrogen) atoms. The summed E-state index contributed by atoms with van der Waals surface area (Å²) in [5.41, 5.74) is 0.311. The molecule has 0 saturated carbocycles. The minimum Gasteiger partial charge on any atom is -0.278 e. The van der Waals surface area contributed by atoms with E-state index in [0.29, 0.717) is 23.7 Å². The molecule has 1 atom stereocenters. The Bertz CT molecular complexity index is 791. The third-order valence-electron chi connectivity index (χ3n) is 4.25. The van der Waals surface area contributed by atoms with Crippen molar-refractivity contribution in [2.24, 2.45) is 0 Å². The smallest absolute Gasteiger partial charge is 0.260 e. The topological polar surface area (TPSA) is 79.0 Å². The molecule has 1 N–H and O–H groups in total. The van der Waals surface area contributed by atoms with Crippen LogP contribution in [-0.4, -0.2) is 43.7 Å². The Morgan fingerprint density at radius 3 is 2.69 bits per heavy atom. The number of hydrogen-bond acceptors (Lipinski definition) is 5. The number of aromatic amines is 1. The Morgan fingerprint density at radius 2 is 2.04 bits per heavy atom. The number of carbonyl (C=O) groups excluding carboxylic acids is 2. The average Bonchev–Trinajstić information content (AvgIpc) is 3.01. The van der Waals surface area contributed by atoms with Crippen LogP contribution in [0.25, 0.3) is 0 Å². The predicted octanol–water partition coefficient (Wildman–Crippen LogP) is 3.38. The van der Waals surface area contributed by atoms with Crippen molar-refractivity contribution in [3.63, 3.8) is 0 Å². The highest BCUT2D eigenvalue weighted by molar-refractivity contribution is 8.00. The van der Waals surface area contributed by atoms with Crippen LogP contribution in [0.3, 0.4) is 0 Å². The third kappa shape index (κ3) is 4.12. The van der Waals surface area contributed by atoms with E-state index in [2.05, 4.69) is 15.2 Å². The standard InChI is InChI=1S/C18H21FN4O2S/c1-11(2)15-20-18(22-21-15)26-14-5-3-4-10-23(17(14)25)16(24)12-6-8-13(19)9-7-12/h6-9,11,14H,3-5,10H2,1-2H3,(H,20,21,22)/t14-/m1/s1. The number of carbonyl (C=O) groups is 2. The molecule has 0 unspecified atom stereocenters.